The number of hydrogen-bond donors (Lipinski definition) is 5. The van der Waals surface area contributed by atoms with E-state index in [1.807, 2.05) is 66.7 Å². The van der Waals surface area contributed by atoms with Gasteiger partial charge >= 0.3 is 0 Å². The third-order valence-corrected chi connectivity index (χ3v) is 8.71. The van der Waals surface area contributed by atoms with Crippen LogP contribution in [0.2, 0.25) is 0 Å². The fourth-order valence-electron chi connectivity index (χ4n) is 4.97. The molecule has 1 aromatic heterocycles. The number of aliphatic hydroxyl groups is 1. The third-order valence-electron chi connectivity index (χ3n) is 8.06. The Hall–Kier alpha value is -3.06. The molecule has 12 nitrogen and oxygen atoms in total. The molecule has 0 aliphatic rings. The van der Waals surface area contributed by atoms with Crippen molar-refractivity contribution in [2.24, 2.45) is 22.9 Å². The van der Waals surface area contributed by atoms with Crippen molar-refractivity contribution in [1.82, 2.24) is 26.3 Å². The first kappa shape index (κ1) is 43.0. The number of furan rings is 1. The summed E-state index contributed by atoms with van der Waals surface area (Å²) in [5.74, 6) is -0.708. The van der Waals surface area contributed by atoms with Gasteiger partial charge < -0.3 is 30.8 Å². The molecule has 0 saturated carbocycles. The van der Waals surface area contributed by atoms with Crippen molar-refractivity contribution < 1.29 is 28.7 Å². The Kier molecular flexibility index (Phi) is 20.2. The van der Waals surface area contributed by atoms with Gasteiger partial charge in [0.05, 0.1) is 25.0 Å². The Morgan fingerprint density at radius 3 is 2.21 bits per heavy atom. The highest BCUT2D eigenvalue weighted by molar-refractivity contribution is 7.98. The zero-order valence-electron chi connectivity index (χ0n) is 30.8. The Morgan fingerprint density at radius 2 is 1.67 bits per heavy atom. The molecular formula is C35H62N6O6S. The predicted octanol–water partition coefficient (Wildman–Crippen LogP) is 4.08. The Labute approximate surface area is 292 Å². The van der Waals surface area contributed by atoms with Crippen molar-refractivity contribution in [3.8, 4) is 0 Å². The minimum atomic E-state index is -1.03. The van der Waals surface area contributed by atoms with E-state index in [2.05, 4.69) is 26.4 Å². The summed E-state index contributed by atoms with van der Waals surface area (Å²) >= 11 is 1.58. The van der Waals surface area contributed by atoms with Gasteiger partial charge in [-0.05, 0) is 82.4 Å². The number of carbonyl (C=O) groups is 4. The van der Waals surface area contributed by atoms with Crippen LogP contribution in [0.4, 0.5) is 0 Å². The fourth-order valence-corrected chi connectivity index (χ4v) is 5.44. The predicted molar refractivity (Wildman–Crippen MR) is 193 cm³/mol. The first-order chi connectivity index (χ1) is 22.6. The van der Waals surface area contributed by atoms with Gasteiger partial charge in [0.25, 0.3) is 0 Å². The van der Waals surface area contributed by atoms with E-state index >= 15 is 0 Å². The lowest BCUT2D eigenvalue weighted by atomic mass is 9.91. The third kappa shape index (κ3) is 16.4. The molecule has 0 spiro atoms. The van der Waals surface area contributed by atoms with Gasteiger partial charge in [0.2, 0.25) is 23.6 Å². The molecule has 0 radical (unpaired) electrons. The van der Waals surface area contributed by atoms with E-state index in [-0.39, 0.29) is 60.9 Å². The van der Waals surface area contributed by atoms with Crippen molar-refractivity contribution in [2.75, 3.05) is 18.6 Å². The standard InChI is InChI=1S/C35H62N6O6S/c1-11-26(9)40-41(24(6)7)16-14-31(43)37-28(15-18-48-10)34(45)38-29(19-22(2)3)30(42)20-25(8)33(44)39-32(23(4)5)35(46)36-21-27-13-12-17-47-27/h12-13,17,22-25,28-30,32,42H,11,14-16,18-21H2,1-10H3,(H,36,46)(H,37,43)(H,38,45)(H,39,44)/b40-26-/t25-,28+,29+,30+,32+/m1/s1. The van der Waals surface area contributed by atoms with Gasteiger partial charge in [-0.3, -0.25) is 24.2 Å². The number of carbonyl (C=O) groups excluding carboxylic acids is 4. The Balaban J connectivity index is 2.91. The van der Waals surface area contributed by atoms with Gasteiger partial charge in [-0.1, -0.05) is 41.5 Å². The molecule has 0 aliphatic heterocycles. The maximum atomic E-state index is 13.6. The molecule has 0 saturated heterocycles. The lowest BCUT2D eigenvalue weighted by Gasteiger charge is -2.30. The van der Waals surface area contributed by atoms with E-state index in [1.54, 1.807) is 30.8 Å². The molecule has 4 amide bonds. The van der Waals surface area contributed by atoms with Crippen LogP contribution in [-0.4, -0.2) is 88.3 Å². The SMILES string of the molecule is CC/C(C)=N\N(CCC(=O)N[C@@H](CCSC)C(=O)N[C@@H](CC(C)C)[C@@H](O)C[C@@H](C)C(=O)N[C@H](C(=O)NCc1ccco1)C(C)C)C(C)C. The summed E-state index contributed by atoms with van der Waals surface area (Å²) in [7, 11) is 0. The van der Waals surface area contributed by atoms with Crippen LogP contribution < -0.4 is 21.3 Å². The average Bonchev–Trinajstić information content (AvgIpc) is 3.55. The van der Waals surface area contributed by atoms with Gasteiger partial charge in [0, 0.05) is 30.6 Å². The van der Waals surface area contributed by atoms with E-state index in [0.717, 1.165) is 12.1 Å². The fraction of sp³-hybridized carbons (Fsp3) is 0.743. The van der Waals surface area contributed by atoms with Crippen LogP contribution in [0.15, 0.2) is 27.9 Å². The molecule has 0 aliphatic carbocycles. The zero-order chi connectivity index (χ0) is 36.4. The van der Waals surface area contributed by atoms with E-state index in [4.69, 9.17) is 4.42 Å². The first-order valence-corrected chi connectivity index (χ1v) is 18.7. The Bertz CT molecular complexity index is 1140. The summed E-state index contributed by atoms with van der Waals surface area (Å²) < 4.78 is 5.27. The van der Waals surface area contributed by atoms with Gasteiger partial charge in [0.15, 0.2) is 0 Å². The summed E-state index contributed by atoms with van der Waals surface area (Å²) in [6.45, 7) is 18.0. The van der Waals surface area contributed by atoms with E-state index in [1.165, 1.54) is 6.26 Å². The molecule has 274 valence electrons. The van der Waals surface area contributed by atoms with Gasteiger partial charge in [0.1, 0.15) is 17.8 Å². The van der Waals surface area contributed by atoms with Gasteiger partial charge in [-0.25, -0.2) is 0 Å². The van der Waals surface area contributed by atoms with Crippen LogP contribution in [0.1, 0.15) is 100 Å². The van der Waals surface area contributed by atoms with Crippen molar-refractivity contribution in [2.45, 2.75) is 131 Å². The molecule has 0 aromatic carbocycles. The molecular weight excluding hydrogens is 632 g/mol. The zero-order valence-corrected chi connectivity index (χ0v) is 31.6. The monoisotopic (exact) mass is 694 g/mol. The number of hydrogen-bond acceptors (Lipinski definition) is 9. The summed E-state index contributed by atoms with van der Waals surface area (Å²) in [5.41, 5.74) is 0.981. The maximum Gasteiger partial charge on any atom is 0.243 e. The number of nitrogens with zero attached hydrogens (tertiary/aromatic N) is 2. The van der Waals surface area contributed by atoms with Crippen molar-refractivity contribution in [3.63, 3.8) is 0 Å². The summed E-state index contributed by atoms with van der Waals surface area (Å²) in [5, 5.41) is 29.3. The van der Waals surface area contributed by atoms with Crippen LogP contribution in [-0.2, 0) is 25.7 Å². The Morgan fingerprint density at radius 1 is 0.979 bits per heavy atom. The molecule has 1 rings (SSSR count). The smallest absolute Gasteiger partial charge is 0.243 e. The van der Waals surface area contributed by atoms with Crippen molar-refractivity contribution in [1.29, 1.82) is 0 Å². The highest BCUT2D eigenvalue weighted by atomic mass is 32.2. The summed E-state index contributed by atoms with van der Waals surface area (Å²) in [6.07, 6.45) is 4.43. The number of amides is 4. The second-order valence-corrected chi connectivity index (χ2v) is 14.6. The number of nitrogens with one attached hydrogen (secondary N) is 4. The number of rotatable bonds is 23. The number of thioether (sulfide) groups is 1. The lowest BCUT2D eigenvalue weighted by molar-refractivity contribution is -0.133. The molecule has 13 heteroatoms. The minimum Gasteiger partial charge on any atom is -0.467 e. The topological polar surface area (TPSA) is 165 Å². The van der Waals surface area contributed by atoms with E-state index in [0.29, 0.717) is 30.9 Å². The highest BCUT2D eigenvalue weighted by Crippen LogP contribution is 2.17. The lowest BCUT2D eigenvalue weighted by Crippen LogP contribution is -2.54. The van der Waals surface area contributed by atoms with Crippen molar-refractivity contribution >= 4 is 41.1 Å². The molecule has 1 heterocycles. The molecule has 0 bridgehead atoms. The van der Waals surface area contributed by atoms with Crippen LogP contribution in [0.5, 0.6) is 0 Å². The molecule has 0 fully saturated rings. The highest BCUT2D eigenvalue weighted by Gasteiger charge is 2.31. The van der Waals surface area contributed by atoms with Gasteiger partial charge in [-0.15, -0.1) is 0 Å². The van der Waals surface area contributed by atoms with E-state index < -0.39 is 30.1 Å². The molecule has 5 atom stereocenters. The average molecular weight is 695 g/mol. The van der Waals surface area contributed by atoms with E-state index in [9.17, 15) is 24.3 Å². The van der Waals surface area contributed by atoms with Crippen LogP contribution >= 0.6 is 11.8 Å². The van der Waals surface area contributed by atoms with Crippen LogP contribution in [0, 0.1) is 17.8 Å². The van der Waals surface area contributed by atoms with Crippen molar-refractivity contribution in [3.05, 3.63) is 24.2 Å². The largest absolute Gasteiger partial charge is 0.467 e. The normalized spacial score (nSPS) is 15.1. The number of hydrazone groups is 1. The molecule has 1 aromatic rings. The van der Waals surface area contributed by atoms with Crippen LogP contribution in [0.3, 0.4) is 0 Å². The summed E-state index contributed by atoms with van der Waals surface area (Å²) in [4.78, 5) is 52.7. The van der Waals surface area contributed by atoms with Gasteiger partial charge in [-0.2, -0.15) is 16.9 Å². The quantitative estimate of drug-likeness (QED) is 0.0845. The first-order valence-electron chi connectivity index (χ1n) is 17.3. The van der Waals surface area contributed by atoms with Crippen LogP contribution in [0.25, 0.3) is 0 Å². The molecule has 0 unspecified atom stereocenters. The second-order valence-electron chi connectivity index (χ2n) is 13.6. The maximum absolute atomic E-state index is 13.6. The summed E-state index contributed by atoms with van der Waals surface area (Å²) in [6, 6.07) is 1.43. The molecule has 48 heavy (non-hydrogen) atoms. The number of aliphatic hydroxyl groups excluding tert-OH is 1. The molecule has 5 N–H and O–H groups in total. The second kappa shape index (κ2) is 22.6. The minimum absolute atomic E-state index is 0.0763.